The number of aliphatic hydroxyl groups is 2. The second-order valence-corrected chi connectivity index (χ2v) is 4.63. The van der Waals surface area contributed by atoms with E-state index in [1.54, 1.807) is 48.5 Å². The van der Waals surface area contributed by atoms with Gasteiger partial charge in [-0.3, -0.25) is 4.79 Å². The molecule has 24 heavy (non-hydrogen) atoms. The van der Waals surface area contributed by atoms with E-state index in [4.69, 9.17) is 15.3 Å². The van der Waals surface area contributed by atoms with Crippen LogP contribution in [0.25, 0.3) is 0 Å². The molecule has 0 aliphatic carbocycles. The smallest absolute Gasteiger partial charge is 0.375 e. The largest absolute Gasteiger partial charge is 0.479 e. The molecule has 2 aromatic carbocycles. The number of Topliss-reactive ketones (excluding diaryl/α,β-unsaturated/α-hetero) is 1. The SMILES string of the molecule is O=C(O)C(=O)C(O)c1ccccc1.O=C(O)C(O)c1ccccc1. The molecule has 7 nitrogen and oxygen atoms in total. The zero-order chi connectivity index (χ0) is 18.1. The average Bonchev–Trinajstić information content (AvgIpc) is 2.61. The lowest BCUT2D eigenvalue weighted by molar-refractivity contribution is -0.153. The van der Waals surface area contributed by atoms with Crippen LogP contribution in [0.5, 0.6) is 0 Å². The third kappa shape index (κ3) is 5.64. The summed E-state index contributed by atoms with van der Waals surface area (Å²) in [5.41, 5.74) is 0.690. The quantitative estimate of drug-likeness (QED) is 0.604. The van der Waals surface area contributed by atoms with Gasteiger partial charge in [0.15, 0.2) is 6.10 Å². The van der Waals surface area contributed by atoms with E-state index in [1.165, 1.54) is 12.1 Å². The number of hydrogen-bond donors (Lipinski definition) is 4. The summed E-state index contributed by atoms with van der Waals surface area (Å²) in [6.07, 6.45) is -2.98. The summed E-state index contributed by atoms with van der Waals surface area (Å²) >= 11 is 0. The Bertz CT molecular complexity index is 683. The highest BCUT2D eigenvalue weighted by molar-refractivity contribution is 6.34. The van der Waals surface area contributed by atoms with Crippen LogP contribution < -0.4 is 0 Å². The number of benzene rings is 2. The summed E-state index contributed by atoms with van der Waals surface area (Å²) in [7, 11) is 0. The fourth-order valence-electron chi connectivity index (χ4n) is 1.68. The standard InChI is InChI=1S/C9H8O4.C8H8O3/c10-7(8(11)9(12)13)6-4-2-1-3-5-6;9-7(8(10)11)6-4-2-1-3-5-6/h1-5,7,10H,(H,12,13);1-5,7,9H,(H,10,11). The van der Waals surface area contributed by atoms with E-state index in [-0.39, 0.29) is 5.56 Å². The number of hydrogen-bond acceptors (Lipinski definition) is 5. The molecule has 0 saturated heterocycles. The summed E-state index contributed by atoms with van der Waals surface area (Å²) in [4.78, 5) is 31.2. The fraction of sp³-hybridized carbons (Fsp3) is 0.118. The van der Waals surface area contributed by atoms with E-state index in [0.717, 1.165) is 0 Å². The summed E-state index contributed by atoms with van der Waals surface area (Å²) in [5.74, 6) is -4.07. The van der Waals surface area contributed by atoms with Gasteiger partial charge in [0.1, 0.15) is 6.10 Å². The Morgan fingerprint density at radius 1 is 0.667 bits per heavy atom. The lowest BCUT2D eigenvalue weighted by Crippen LogP contribution is -2.21. The van der Waals surface area contributed by atoms with Gasteiger partial charge in [-0.1, -0.05) is 60.7 Å². The van der Waals surface area contributed by atoms with Crippen LogP contribution in [0.4, 0.5) is 0 Å². The molecule has 4 N–H and O–H groups in total. The van der Waals surface area contributed by atoms with Crippen molar-refractivity contribution in [3.05, 3.63) is 71.8 Å². The van der Waals surface area contributed by atoms with E-state index < -0.39 is 29.9 Å². The number of ketones is 1. The lowest BCUT2D eigenvalue weighted by atomic mass is 10.1. The second kappa shape index (κ2) is 9.19. The first-order chi connectivity index (χ1) is 11.3. The summed E-state index contributed by atoms with van der Waals surface area (Å²) < 4.78 is 0. The van der Waals surface area contributed by atoms with Crippen LogP contribution in [0.2, 0.25) is 0 Å². The fourth-order valence-corrected chi connectivity index (χ4v) is 1.68. The predicted molar refractivity (Wildman–Crippen MR) is 83.1 cm³/mol. The highest BCUT2D eigenvalue weighted by atomic mass is 16.4. The Hall–Kier alpha value is -3.03. The summed E-state index contributed by atoms with van der Waals surface area (Å²) in [6.45, 7) is 0. The third-order valence-corrected chi connectivity index (χ3v) is 2.92. The maximum absolute atomic E-state index is 10.8. The lowest BCUT2D eigenvalue weighted by Gasteiger charge is -2.05. The minimum Gasteiger partial charge on any atom is -0.479 e. The van der Waals surface area contributed by atoms with Gasteiger partial charge in [0.2, 0.25) is 0 Å². The number of carboxylic acids is 2. The maximum atomic E-state index is 10.8. The van der Waals surface area contributed by atoms with Crippen molar-refractivity contribution < 1.29 is 34.8 Å². The monoisotopic (exact) mass is 332 g/mol. The Kier molecular flexibility index (Phi) is 7.28. The normalized spacial score (nSPS) is 12.2. The van der Waals surface area contributed by atoms with Gasteiger partial charge in [-0.05, 0) is 11.1 Å². The van der Waals surface area contributed by atoms with E-state index in [1.807, 2.05) is 0 Å². The number of rotatable bonds is 5. The van der Waals surface area contributed by atoms with Gasteiger partial charge in [0, 0.05) is 0 Å². The van der Waals surface area contributed by atoms with E-state index in [9.17, 15) is 19.5 Å². The Labute approximate surface area is 137 Å². The summed E-state index contributed by atoms with van der Waals surface area (Å²) in [5, 5.41) is 34.9. The molecule has 0 heterocycles. The van der Waals surface area contributed by atoms with Crippen LogP contribution in [0.1, 0.15) is 23.3 Å². The van der Waals surface area contributed by atoms with Gasteiger partial charge < -0.3 is 20.4 Å². The molecule has 2 rings (SSSR count). The van der Waals surface area contributed by atoms with Crippen LogP contribution in [-0.2, 0) is 14.4 Å². The first-order valence-electron chi connectivity index (χ1n) is 6.80. The molecule has 0 amide bonds. The minimum absolute atomic E-state index is 0.287. The average molecular weight is 332 g/mol. The molecule has 0 aromatic heterocycles. The van der Waals surface area contributed by atoms with E-state index in [2.05, 4.69) is 0 Å². The molecule has 2 atom stereocenters. The molecule has 7 heteroatoms. The molecule has 0 saturated carbocycles. The number of carboxylic acid groups (broad SMARTS) is 2. The predicted octanol–water partition coefficient (Wildman–Crippen LogP) is 1.18. The minimum atomic E-state index is -1.63. The van der Waals surface area contributed by atoms with Crippen molar-refractivity contribution in [3.8, 4) is 0 Å². The van der Waals surface area contributed by atoms with Crippen LogP contribution in [-0.4, -0.2) is 38.1 Å². The molecule has 2 unspecified atom stereocenters. The third-order valence-electron chi connectivity index (χ3n) is 2.92. The number of aliphatic carboxylic acids is 2. The molecular weight excluding hydrogens is 316 g/mol. The van der Waals surface area contributed by atoms with Gasteiger partial charge in [-0.2, -0.15) is 0 Å². The van der Waals surface area contributed by atoms with E-state index in [0.29, 0.717) is 5.56 Å². The van der Waals surface area contributed by atoms with Gasteiger partial charge in [-0.25, -0.2) is 9.59 Å². The van der Waals surface area contributed by atoms with Crippen LogP contribution in [0, 0.1) is 0 Å². The van der Waals surface area contributed by atoms with Crippen molar-refractivity contribution in [2.45, 2.75) is 12.2 Å². The molecule has 0 aliphatic heterocycles. The molecule has 126 valence electrons. The zero-order valence-corrected chi connectivity index (χ0v) is 12.4. The maximum Gasteiger partial charge on any atom is 0.375 e. The van der Waals surface area contributed by atoms with Crippen LogP contribution in [0.15, 0.2) is 60.7 Å². The van der Waals surface area contributed by atoms with Crippen LogP contribution in [0.3, 0.4) is 0 Å². The topological polar surface area (TPSA) is 132 Å². The highest BCUT2D eigenvalue weighted by Crippen LogP contribution is 2.12. The van der Waals surface area contributed by atoms with Crippen molar-refractivity contribution in [2.75, 3.05) is 0 Å². The Balaban J connectivity index is 0.000000243. The number of aliphatic hydroxyl groups excluding tert-OH is 2. The molecule has 0 fully saturated rings. The van der Waals surface area contributed by atoms with Crippen molar-refractivity contribution >= 4 is 17.7 Å². The van der Waals surface area contributed by atoms with Gasteiger partial charge in [0.25, 0.3) is 5.78 Å². The first kappa shape index (κ1) is 19.0. The van der Waals surface area contributed by atoms with Crippen molar-refractivity contribution in [3.63, 3.8) is 0 Å². The molecular formula is C17H16O7. The van der Waals surface area contributed by atoms with Gasteiger partial charge in [0.05, 0.1) is 0 Å². The van der Waals surface area contributed by atoms with Gasteiger partial charge >= 0.3 is 11.9 Å². The zero-order valence-electron chi connectivity index (χ0n) is 12.4. The Morgan fingerprint density at radius 2 is 1.04 bits per heavy atom. The number of carbonyl (C=O) groups is 3. The number of carbonyl (C=O) groups excluding carboxylic acids is 1. The second-order valence-electron chi connectivity index (χ2n) is 4.63. The van der Waals surface area contributed by atoms with Crippen LogP contribution >= 0.6 is 0 Å². The summed E-state index contributed by atoms with van der Waals surface area (Å²) in [6, 6.07) is 16.2. The van der Waals surface area contributed by atoms with Crippen molar-refractivity contribution in [2.24, 2.45) is 0 Å². The van der Waals surface area contributed by atoms with Crippen molar-refractivity contribution in [1.29, 1.82) is 0 Å². The highest BCUT2D eigenvalue weighted by Gasteiger charge is 2.23. The molecule has 2 aromatic rings. The molecule has 0 aliphatic rings. The van der Waals surface area contributed by atoms with E-state index >= 15 is 0 Å². The molecule has 0 radical (unpaired) electrons. The van der Waals surface area contributed by atoms with Gasteiger partial charge in [-0.15, -0.1) is 0 Å². The first-order valence-corrected chi connectivity index (χ1v) is 6.80. The Morgan fingerprint density at radius 3 is 1.38 bits per heavy atom. The molecule has 0 spiro atoms. The van der Waals surface area contributed by atoms with Crippen molar-refractivity contribution in [1.82, 2.24) is 0 Å². The molecule has 0 bridgehead atoms.